The highest BCUT2D eigenvalue weighted by Gasteiger charge is 2.10. The highest BCUT2D eigenvalue weighted by Crippen LogP contribution is 2.26. The molecular weight excluding hydrogens is 168 g/mol. The second kappa shape index (κ2) is 4.99. The van der Waals surface area contributed by atoms with Crippen LogP contribution in [0, 0.1) is 5.92 Å². The van der Waals surface area contributed by atoms with E-state index in [1.807, 2.05) is 0 Å². The van der Waals surface area contributed by atoms with Crippen LogP contribution in [0.25, 0.3) is 0 Å². The first kappa shape index (κ1) is 9.51. The molecule has 0 aromatic heterocycles. The smallest absolute Gasteiger partial charge is 0.00944 e. The molecule has 0 aromatic carbocycles. The molecule has 0 nitrogen and oxygen atoms in total. The van der Waals surface area contributed by atoms with E-state index in [-0.39, 0.29) is 0 Å². The van der Waals surface area contributed by atoms with E-state index in [9.17, 15) is 0 Å². The molecule has 2 aliphatic carbocycles. The topological polar surface area (TPSA) is 0 Å². The van der Waals surface area contributed by atoms with Crippen molar-refractivity contribution < 1.29 is 0 Å². The molecule has 0 heteroatoms. The summed E-state index contributed by atoms with van der Waals surface area (Å²) in [5.74, 6) is 0.854. The van der Waals surface area contributed by atoms with E-state index in [1.165, 1.54) is 31.3 Å². The Hall–Kier alpha value is -1.04. The molecular formula is C14H18. The van der Waals surface area contributed by atoms with Crippen LogP contribution in [0.3, 0.4) is 0 Å². The first-order chi connectivity index (χ1) is 6.95. The van der Waals surface area contributed by atoms with Crippen molar-refractivity contribution in [1.29, 1.82) is 0 Å². The molecule has 0 aliphatic heterocycles. The fourth-order valence-corrected chi connectivity index (χ4v) is 2.13. The van der Waals surface area contributed by atoms with Gasteiger partial charge in [-0.3, -0.25) is 0 Å². The Morgan fingerprint density at radius 2 is 1.93 bits per heavy atom. The maximum absolute atomic E-state index is 2.41. The Morgan fingerprint density at radius 3 is 2.79 bits per heavy atom. The Morgan fingerprint density at radius 1 is 1.07 bits per heavy atom. The summed E-state index contributed by atoms with van der Waals surface area (Å²) in [5, 5.41) is 0. The lowest BCUT2D eigenvalue weighted by Gasteiger charge is -2.01. The molecule has 0 spiro atoms. The van der Waals surface area contributed by atoms with Crippen LogP contribution < -0.4 is 0 Å². The third kappa shape index (κ3) is 2.73. The Kier molecular flexibility index (Phi) is 3.39. The number of rotatable bonds is 2. The van der Waals surface area contributed by atoms with Crippen LogP contribution in [0.5, 0.6) is 0 Å². The van der Waals surface area contributed by atoms with Gasteiger partial charge in [-0.15, -0.1) is 0 Å². The van der Waals surface area contributed by atoms with Gasteiger partial charge < -0.3 is 0 Å². The molecule has 2 aliphatic rings. The zero-order chi connectivity index (χ0) is 9.64. The first-order valence-corrected chi connectivity index (χ1v) is 5.66. The van der Waals surface area contributed by atoms with Gasteiger partial charge in [0.15, 0.2) is 0 Å². The normalized spacial score (nSPS) is 23.0. The van der Waals surface area contributed by atoms with Crippen molar-refractivity contribution in [2.75, 3.05) is 0 Å². The minimum Gasteiger partial charge on any atom is -0.0811 e. The zero-order valence-electron chi connectivity index (χ0n) is 8.65. The minimum absolute atomic E-state index is 0.854. The highest BCUT2D eigenvalue weighted by molar-refractivity contribution is 5.30. The van der Waals surface area contributed by atoms with Gasteiger partial charge in [0, 0.05) is 0 Å². The predicted octanol–water partition coefficient (Wildman–Crippen LogP) is 4.18. The average molecular weight is 186 g/mol. The molecule has 0 unspecified atom stereocenters. The largest absolute Gasteiger partial charge is 0.0811 e. The quantitative estimate of drug-likeness (QED) is 0.607. The van der Waals surface area contributed by atoms with Gasteiger partial charge in [0.2, 0.25) is 0 Å². The third-order valence-electron chi connectivity index (χ3n) is 3.00. The minimum atomic E-state index is 0.854. The molecule has 0 amide bonds. The molecule has 0 radical (unpaired) electrons. The maximum Gasteiger partial charge on any atom is -0.00944 e. The molecule has 1 saturated carbocycles. The van der Waals surface area contributed by atoms with E-state index in [4.69, 9.17) is 0 Å². The second-order valence-corrected chi connectivity index (χ2v) is 4.16. The first-order valence-electron chi connectivity index (χ1n) is 5.66. The Labute approximate surface area is 86.7 Å². The van der Waals surface area contributed by atoms with E-state index in [0.717, 1.165) is 12.3 Å². The zero-order valence-corrected chi connectivity index (χ0v) is 8.65. The third-order valence-corrected chi connectivity index (χ3v) is 3.00. The summed E-state index contributed by atoms with van der Waals surface area (Å²) < 4.78 is 0. The molecule has 0 saturated heterocycles. The van der Waals surface area contributed by atoms with Gasteiger partial charge in [0.1, 0.15) is 0 Å². The van der Waals surface area contributed by atoms with Gasteiger partial charge in [0.05, 0.1) is 0 Å². The Balaban J connectivity index is 1.92. The molecule has 74 valence electrons. The van der Waals surface area contributed by atoms with Gasteiger partial charge in [-0.1, -0.05) is 55.4 Å². The van der Waals surface area contributed by atoms with E-state index >= 15 is 0 Å². The van der Waals surface area contributed by atoms with Crippen molar-refractivity contribution in [1.82, 2.24) is 0 Å². The van der Waals surface area contributed by atoms with Crippen molar-refractivity contribution in [3.8, 4) is 0 Å². The summed E-state index contributed by atoms with van der Waals surface area (Å²) in [5.41, 5.74) is 1.43. The van der Waals surface area contributed by atoms with E-state index in [0.29, 0.717) is 0 Å². The fraction of sp³-hybridized carbons (Fsp3) is 0.429. The van der Waals surface area contributed by atoms with Gasteiger partial charge in [-0.05, 0) is 30.8 Å². The monoisotopic (exact) mass is 186 g/mol. The summed E-state index contributed by atoms with van der Waals surface area (Å²) in [6.07, 6.45) is 22.2. The van der Waals surface area contributed by atoms with Gasteiger partial charge in [-0.2, -0.15) is 0 Å². The van der Waals surface area contributed by atoms with Crippen LogP contribution in [0.1, 0.15) is 32.1 Å². The SMILES string of the molecule is C1=CC=C(C=CC2CCCC2)CC=C1. The second-order valence-electron chi connectivity index (χ2n) is 4.16. The molecule has 2 rings (SSSR count). The summed E-state index contributed by atoms with van der Waals surface area (Å²) in [4.78, 5) is 0. The van der Waals surface area contributed by atoms with Crippen molar-refractivity contribution in [3.05, 3.63) is 48.1 Å². The summed E-state index contributed by atoms with van der Waals surface area (Å²) in [7, 11) is 0. The molecule has 0 heterocycles. The Bertz CT molecular complexity index is 283. The van der Waals surface area contributed by atoms with Crippen LogP contribution >= 0.6 is 0 Å². The van der Waals surface area contributed by atoms with E-state index < -0.39 is 0 Å². The lowest BCUT2D eigenvalue weighted by molar-refractivity contribution is 0.685. The lowest BCUT2D eigenvalue weighted by atomic mass is 10.0. The number of hydrogen-bond donors (Lipinski definition) is 0. The molecule has 0 atom stereocenters. The van der Waals surface area contributed by atoms with Crippen LogP contribution in [0.2, 0.25) is 0 Å². The average Bonchev–Trinajstić information content (AvgIpc) is 2.58. The van der Waals surface area contributed by atoms with E-state index in [1.54, 1.807) is 0 Å². The predicted molar refractivity (Wildman–Crippen MR) is 62.1 cm³/mol. The van der Waals surface area contributed by atoms with E-state index in [2.05, 4.69) is 42.5 Å². The van der Waals surface area contributed by atoms with Gasteiger partial charge in [-0.25, -0.2) is 0 Å². The highest BCUT2D eigenvalue weighted by atomic mass is 14.2. The standard InChI is InChI=1S/C14H18/c1-2-4-8-13(7-3-1)11-12-14-9-5-6-10-14/h1-4,7,11-12,14H,5-6,8-10H2. The van der Waals surface area contributed by atoms with Crippen LogP contribution in [-0.2, 0) is 0 Å². The van der Waals surface area contributed by atoms with Crippen molar-refractivity contribution >= 4 is 0 Å². The molecule has 1 fully saturated rings. The summed E-state index contributed by atoms with van der Waals surface area (Å²) in [6.45, 7) is 0. The van der Waals surface area contributed by atoms with Crippen molar-refractivity contribution in [2.24, 2.45) is 5.92 Å². The fourth-order valence-electron chi connectivity index (χ4n) is 2.13. The molecule has 0 aromatic rings. The summed E-state index contributed by atoms with van der Waals surface area (Å²) in [6, 6.07) is 0. The van der Waals surface area contributed by atoms with Gasteiger partial charge >= 0.3 is 0 Å². The lowest BCUT2D eigenvalue weighted by Crippen LogP contribution is -1.86. The van der Waals surface area contributed by atoms with Crippen molar-refractivity contribution in [3.63, 3.8) is 0 Å². The van der Waals surface area contributed by atoms with Crippen LogP contribution in [0.15, 0.2) is 48.1 Å². The molecule has 0 N–H and O–H groups in total. The van der Waals surface area contributed by atoms with Crippen LogP contribution in [-0.4, -0.2) is 0 Å². The van der Waals surface area contributed by atoms with Crippen molar-refractivity contribution in [2.45, 2.75) is 32.1 Å². The summed E-state index contributed by atoms with van der Waals surface area (Å²) >= 11 is 0. The maximum atomic E-state index is 2.41. The van der Waals surface area contributed by atoms with Gasteiger partial charge in [0.25, 0.3) is 0 Å². The molecule has 14 heavy (non-hydrogen) atoms. The molecule has 0 bridgehead atoms. The van der Waals surface area contributed by atoms with Crippen LogP contribution in [0.4, 0.5) is 0 Å². The number of hydrogen-bond acceptors (Lipinski definition) is 0. The number of allylic oxidation sites excluding steroid dienone is 8.